The number of nitrogens with zero attached hydrogens (tertiary/aromatic N) is 4. The monoisotopic (exact) mass is 441 g/mol. The van der Waals surface area contributed by atoms with Crippen molar-refractivity contribution < 1.29 is 32.3 Å². The van der Waals surface area contributed by atoms with Crippen molar-refractivity contribution in [1.29, 1.82) is 5.26 Å². The Morgan fingerprint density at radius 3 is 2.45 bits per heavy atom. The van der Waals surface area contributed by atoms with Gasteiger partial charge in [0, 0.05) is 18.8 Å². The van der Waals surface area contributed by atoms with E-state index in [1.54, 1.807) is 23.2 Å². The molecule has 1 aromatic heterocycles. The summed E-state index contributed by atoms with van der Waals surface area (Å²) in [5.74, 6) is -2.72. The molecule has 0 fully saturated rings. The van der Waals surface area contributed by atoms with Crippen molar-refractivity contribution in [2.75, 3.05) is 11.6 Å². The third-order valence-corrected chi connectivity index (χ3v) is 3.32. The van der Waals surface area contributed by atoms with E-state index in [4.69, 9.17) is 15.2 Å². The number of hydrazine groups is 1. The van der Waals surface area contributed by atoms with Crippen molar-refractivity contribution in [2.45, 2.75) is 26.4 Å². The molecule has 0 aliphatic rings. The minimum atomic E-state index is -5.08. The largest absolute Gasteiger partial charge is 0.490 e. The quantitative estimate of drug-likeness (QED) is 0.523. The molecule has 0 aliphatic heterocycles. The minimum Gasteiger partial charge on any atom is -0.475 e. The molecule has 1 aromatic carbocycles. The van der Waals surface area contributed by atoms with E-state index in [0.29, 0.717) is 17.9 Å². The van der Waals surface area contributed by atoms with E-state index in [0.717, 1.165) is 0 Å². The van der Waals surface area contributed by atoms with Crippen molar-refractivity contribution in [3.8, 4) is 6.07 Å². The summed E-state index contributed by atoms with van der Waals surface area (Å²) in [4.78, 5) is 29.1. The molecule has 166 valence electrons. The molecule has 2 aromatic rings. The van der Waals surface area contributed by atoms with Gasteiger partial charge in [0.05, 0.1) is 6.42 Å². The molecule has 31 heavy (non-hydrogen) atoms. The Balaban J connectivity index is 0.000000592. The average Bonchev–Trinajstić information content (AvgIpc) is 2.67. The number of carbonyl (C=O) groups excluding carboxylic acids is 1. The van der Waals surface area contributed by atoms with Crippen LogP contribution in [-0.2, 0) is 16.0 Å². The van der Waals surface area contributed by atoms with Gasteiger partial charge in [-0.3, -0.25) is 15.2 Å². The molecule has 12 heteroatoms. The number of alkyl halides is 3. The highest BCUT2D eigenvalue weighted by atomic mass is 19.4. The van der Waals surface area contributed by atoms with Crippen LogP contribution in [0.15, 0.2) is 36.5 Å². The van der Waals surface area contributed by atoms with Gasteiger partial charge in [0.1, 0.15) is 11.9 Å². The molecule has 0 saturated carbocycles. The minimum absolute atomic E-state index is 0.0284. The van der Waals surface area contributed by atoms with Crippen LogP contribution in [0.4, 0.5) is 23.4 Å². The van der Waals surface area contributed by atoms with E-state index in [9.17, 15) is 22.4 Å². The third kappa shape index (κ3) is 9.53. The van der Waals surface area contributed by atoms with Gasteiger partial charge >= 0.3 is 12.1 Å². The van der Waals surface area contributed by atoms with Crippen LogP contribution in [0.25, 0.3) is 0 Å². The SMILES string of the molecule is CC(C)CN(NC(=O)Cc1cccc(F)c1)c1ccnc(C#N)n1.O=C(O)C(F)(F)F. The second kappa shape index (κ2) is 11.4. The summed E-state index contributed by atoms with van der Waals surface area (Å²) in [5, 5.41) is 17.6. The third-order valence-electron chi connectivity index (χ3n) is 3.32. The molecule has 1 amide bonds. The summed E-state index contributed by atoms with van der Waals surface area (Å²) in [6.07, 6.45) is -3.57. The predicted molar refractivity (Wildman–Crippen MR) is 101 cm³/mol. The predicted octanol–water partition coefficient (Wildman–Crippen LogP) is 2.86. The second-order valence-electron chi connectivity index (χ2n) is 6.50. The Kier molecular flexibility index (Phi) is 9.33. The van der Waals surface area contributed by atoms with Gasteiger partial charge in [-0.05, 0) is 23.6 Å². The van der Waals surface area contributed by atoms with Gasteiger partial charge < -0.3 is 5.11 Å². The lowest BCUT2D eigenvalue weighted by atomic mass is 10.1. The number of nitrogens with one attached hydrogen (secondary N) is 1. The molecule has 8 nitrogen and oxygen atoms in total. The number of carboxylic acids is 1. The number of benzene rings is 1. The van der Waals surface area contributed by atoms with Crippen molar-refractivity contribution in [2.24, 2.45) is 5.92 Å². The Labute approximate surface area is 175 Å². The van der Waals surface area contributed by atoms with E-state index < -0.39 is 12.1 Å². The van der Waals surface area contributed by atoms with Gasteiger partial charge in [0.15, 0.2) is 5.82 Å². The van der Waals surface area contributed by atoms with Crippen LogP contribution in [0.2, 0.25) is 0 Å². The summed E-state index contributed by atoms with van der Waals surface area (Å²) < 4.78 is 44.9. The molecule has 0 atom stereocenters. The summed E-state index contributed by atoms with van der Waals surface area (Å²) in [6.45, 7) is 4.51. The van der Waals surface area contributed by atoms with Gasteiger partial charge in [0.2, 0.25) is 11.7 Å². The van der Waals surface area contributed by atoms with Crippen LogP contribution in [0.5, 0.6) is 0 Å². The second-order valence-corrected chi connectivity index (χ2v) is 6.50. The van der Waals surface area contributed by atoms with E-state index >= 15 is 0 Å². The number of anilines is 1. The standard InChI is InChI=1S/C17H18FN5O.C2HF3O2/c1-12(2)11-23(16-6-7-20-15(10-19)21-16)22-17(24)9-13-4-3-5-14(18)8-13;3-2(4,5)1(6)7/h3-8,12H,9,11H2,1-2H3,(H,22,24);(H,6,7). The van der Waals surface area contributed by atoms with Crippen LogP contribution < -0.4 is 10.4 Å². The lowest BCUT2D eigenvalue weighted by molar-refractivity contribution is -0.192. The fraction of sp³-hybridized carbons (Fsp3) is 0.316. The van der Waals surface area contributed by atoms with Crippen molar-refractivity contribution >= 4 is 17.7 Å². The van der Waals surface area contributed by atoms with Crippen molar-refractivity contribution in [1.82, 2.24) is 15.4 Å². The number of aliphatic carboxylic acids is 1. The highest BCUT2D eigenvalue weighted by Crippen LogP contribution is 2.13. The smallest absolute Gasteiger partial charge is 0.475 e. The van der Waals surface area contributed by atoms with Crippen LogP contribution in [0.1, 0.15) is 25.2 Å². The Bertz CT molecular complexity index is 945. The molecule has 0 unspecified atom stereocenters. The lowest BCUT2D eigenvalue weighted by Gasteiger charge is -2.26. The molecule has 2 N–H and O–H groups in total. The van der Waals surface area contributed by atoms with Crippen LogP contribution in [-0.4, -0.2) is 39.7 Å². The fourth-order valence-corrected chi connectivity index (χ4v) is 2.14. The number of carbonyl (C=O) groups is 2. The van der Waals surface area contributed by atoms with Crippen molar-refractivity contribution in [3.05, 3.63) is 53.7 Å². The van der Waals surface area contributed by atoms with Crippen LogP contribution >= 0.6 is 0 Å². The number of rotatable bonds is 6. The first-order chi connectivity index (χ1) is 14.4. The zero-order valence-electron chi connectivity index (χ0n) is 16.5. The molecule has 0 aliphatic carbocycles. The Hall–Kier alpha value is -3.75. The maximum absolute atomic E-state index is 13.2. The van der Waals surface area contributed by atoms with Gasteiger partial charge in [0.25, 0.3) is 0 Å². The van der Waals surface area contributed by atoms with E-state index in [-0.39, 0.29) is 29.9 Å². The Morgan fingerprint density at radius 1 is 1.29 bits per heavy atom. The summed E-state index contributed by atoms with van der Waals surface area (Å²) in [5.41, 5.74) is 3.34. The van der Waals surface area contributed by atoms with Gasteiger partial charge in [-0.2, -0.15) is 23.4 Å². The number of aromatic nitrogens is 2. The number of hydrogen-bond donors (Lipinski definition) is 2. The first-order valence-corrected chi connectivity index (χ1v) is 8.77. The van der Waals surface area contributed by atoms with Gasteiger partial charge in [-0.15, -0.1) is 0 Å². The number of carboxylic acid groups (broad SMARTS) is 1. The number of halogens is 4. The summed E-state index contributed by atoms with van der Waals surface area (Å²) >= 11 is 0. The fourth-order valence-electron chi connectivity index (χ4n) is 2.14. The first-order valence-electron chi connectivity index (χ1n) is 8.77. The highest BCUT2D eigenvalue weighted by Gasteiger charge is 2.38. The van der Waals surface area contributed by atoms with E-state index in [1.165, 1.54) is 18.3 Å². The normalized spacial score (nSPS) is 10.5. The highest BCUT2D eigenvalue weighted by molar-refractivity contribution is 5.80. The molecule has 2 rings (SSSR count). The van der Waals surface area contributed by atoms with E-state index in [1.807, 2.05) is 19.9 Å². The molecular weight excluding hydrogens is 422 g/mol. The van der Waals surface area contributed by atoms with Crippen LogP contribution in [0.3, 0.4) is 0 Å². The van der Waals surface area contributed by atoms with Gasteiger partial charge in [-0.1, -0.05) is 26.0 Å². The molecular formula is C19H19F4N5O3. The zero-order valence-corrected chi connectivity index (χ0v) is 16.5. The van der Waals surface area contributed by atoms with E-state index in [2.05, 4.69) is 15.4 Å². The average molecular weight is 441 g/mol. The zero-order chi connectivity index (χ0) is 23.6. The first kappa shape index (κ1) is 25.3. The molecule has 0 spiro atoms. The maximum atomic E-state index is 13.2. The van der Waals surface area contributed by atoms with Crippen LogP contribution in [0, 0.1) is 23.1 Å². The summed E-state index contributed by atoms with van der Waals surface area (Å²) in [7, 11) is 0. The van der Waals surface area contributed by atoms with Gasteiger partial charge in [-0.25, -0.2) is 14.2 Å². The molecule has 0 bridgehead atoms. The molecule has 0 saturated heterocycles. The number of nitriles is 1. The summed E-state index contributed by atoms with van der Waals surface area (Å²) in [6, 6.07) is 9.39. The topological polar surface area (TPSA) is 119 Å². The molecule has 1 heterocycles. The lowest BCUT2D eigenvalue weighted by Crippen LogP contribution is -2.45. The number of hydrogen-bond acceptors (Lipinski definition) is 6. The maximum Gasteiger partial charge on any atom is 0.490 e. The Morgan fingerprint density at radius 2 is 1.94 bits per heavy atom. The number of amides is 1. The molecule has 0 radical (unpaired) electrons. The van der Waals surface area contributed by atoms with Crippen molar-refractivity contribution in [3.63, 3.8) is 0 Å².